The van der Waals surface area contributed by atoms with Gasteiger partial charge in [-0.3, -0.25) is 0 Å². The second-order valence-corrected chi connectivity index (χ2v) is 6.00. The summed E-state index contributed by atoms with van der Waals surface area (Å²) in [5, 5.41) is 11.4. The summed E-state index contributed by atoms with van der Waals surface area (Å²) in [4.78, 5) is 11.6. The predicted octanol–water partition coefficient (Wildman–Crippen LogP) is 5.99. The number of carbonyl (C=O) groups is 1. The Bertz CT molecular complexity index is 622. The number of carboxylic acid groups (broad SMARTS) is 1. The molecule has 2 aromatic rings. The van der Waals surface area contributed by atoms with Gasteiger partial charge in [0.15, 0.2) is 0 Å². The number of carboxylic acids is 1. The van der Waals surface area contributed by atoms with Gasteiger partial charge in [0.05, 0.1) is 5.56 Å². The second kappa shape index (κ2) is 10.0. The van der Waals surface area contributed by atoms with E-state index < -0.39 is 5.97 Å². The Kier molecular flexibility index (Phi) is 8.35. The molecule has 0 aliphatic carbocycles. The Morgan fingerprint density at radius 3 is 2.26 bits per heavy atom. The van der Waals surface area contributed by atoms with Gasteiger partial charge in [0.2, 0.25) is 0 Å². The Labute approximate surface area is 139 Å². The number of hydrogen-bond donors (Lipinski definition) is 2. The predicted molar refractivity (Wildman–Crippen MR) is 97.6 cm³/mol. The third-order valence-electron chi connectivity index (χ3n) is 4.28. The number of benzene rings is 2. The van der Waals surface area contributed by atoms with Gasteiger partial charge in [0.25, 0.3) is 0 Å². The fourth-order valence-corrected chi connectivity index (χ4v) is 3.05. The molecule has 0 amide bonds. The highest BCUT2D eigenvalue weighted by atomic mass is 16.4. The maximum atomic E-state index is 11.6. The molecule has 0 saturated carbocycles. The van der Waals surface area contributed by atoms with Crippen LogP contribution in [-0.2, 0) is 6.42 Å². The summed E-state index contributed by atoms with van der Waals surface area (Å²) in [5.41, 5.74) is 1.46. The molecule has 0 aliphatic heterocycles. The van der Waals surface area contributed by atoms with Crippen molar-refractivity contribution in [3.8, 4) is 0 Å². The van der Waals surface area contributed by atoms with Crippen molar-refractivity contribution in [1.29, 1.82) is 0 Å². The first-order chi connectivity index (χ1) is 10.7. The molecule has 0 saturated heterocycles. The van der Waals surface area contributed by atoms with Crippen LogP contribution in [0.3, 0.4) is 0 Å². The lowest BCUT2D eigenvalue weighted by atomic mass is 9.95. The molecule has 23 heavy (non-hydrogen) atoms. The highest BCUT2D eigenvalue weighted by Crippen LogP contribution is 2.24. The topological polar surface area (TPSA) is 72.3 Å². The van der Waals surface area contributed by atoms with E-state index in [9.17, 15) is 9.90 Å². The first kappa shape index (κ1) is 19.2. The smallest absolute Gasteiger partial charge is 0.336 e. The summed E-state index contributed by atoms with van der Waals surface area (Å²) in [6.45, 7) is 2.23. The standard InChI is InChI=1S/C20H26O2.H3N/c1-2-3-4-5-6-7-8-12-17-15-14-16-11-9-10-13-18(16)19(17)20(21)22;/h9-11,13-15H,2-8,12H2,1H3,(H,21,22);1H3. The third kappa shape index (κ3) is 5.36. The van der Waals surface area contributed by atoms with Crippen LogP contribution in [0.2, 0.25) is 0 Å². The minimum atomic E-state index is -0.810. The highest BCUT2D eigenvalue weighted by Gasteiger charge is 2.13. The molecule has 2 aromatic carbocycles. The summed E-state index contributed by atoms with van der Waals surface area (Å²) in [6.07, 6.45) is 9.62. The van der Waals surface area contributed by atoms with Crippen molar-refractivity contribution >= 4 is 16.7 Å². The van der Waals surface area contributed by atoms with Gasteiger partial charge in [-0.15, -0.1) is 0 Å². The average Bonchev–Trinajstić information content (AvgIpc) is 2.53. The van der Waals surface area contributed by atoms with E-state index in [1.165, 1.54) is 38.5 Å². The Hall–Kier alpha value is -1.87. The molecular weight excluding hydrogens is 286 g/mol. The van der Waals surface area contributed by atoms with Gasteiger partial charge in [-0.1, -0.05) is 81.8 Å². The van der Waals surface area contributed by atoms with Crippen LogP contribution >= 0.6 is 0 Å². The lowest BCUT2D eigenvalue weighted by molar-refractivity contribution is 0.0698. The van der Waals surface area contributed by atoms with Crippen molar-refractivity contribution in [1.82, 2.24) is 6.15 Å². The van der Waals surface area contributed by atoms with Gasteiger partial charge in [-0.2, -0.15) is 0 Å². The minimum Gasteiger partial charge on any atom is -0.478 e. The van der Waals surface area contributed by atoms with Crippen LogP contribution in [0.5, 0.6) is 0 Å². The monoisotopic (exact) mass is 315 g/mol. The first-order valence-corrected chi connectivity index (χ1v) is 8.48. The van der Waals surface area contributed by atoms with E-state index in [-0.39, 0.29) is 6.15 Å². The van der Waals surface area contributed by atoms with Crippen molar-refractivity contribution in [3.63, 3.8) is 0 Å². The maximum absolute atomic E-state index is 11.6. The van der Waals surface area contributed by atoms with Crippen molar-refractivity contribution in [2.45, 2.75) is 58.3 Å². The molecule has 126 valence electrons. The number of unbranched alkanes of at least 4 members (excludes halogenated alkanes) is 6. The molecule has 3 heteroatoms. The van der Waals surface area contributed by atoms with Crippen molar-refractivity contribution in [3.05, 3.63) is 47.5 Å². The number of hydrogen-bond acceptors (Lipinski definition) is 2. The zero-order chi connectivity index (χ0) is 15.8. The van der Waals surface area contributed by atoms with Gasteiger partial charge >= 0.3 is 5.97 Å². The average molecular weight is 315 g/mol. The molecule has 3 nitrogen and oxygen atoms in total. The van der Waals surface area contributed by atoms with E-state index in [1.54, 1.807) is 0 Å². The highest BCUT2D eigenvalue weighted by molar-refractivity contribution is 6.05. The zero-order valence-electron chi connectivity index (χ0n) is 14.2. The van der Waals surface area contributed by atoms with Gasteiger partial charge in [-0.25, -0.2) is 4.79 Å². The molecule has 2 rings (SSSR count). The molecule has 0 atom stereocenters. The molecule has 0 aromatic heterocycles. The Morgan fingerprint density at radius 1 is 0.913 bits per heavy atom. The molecule has 0 aliphatic rings. The molecule has 0 bridgehead atoms. The zero-order valence-corrected chi connectivity index (χ0v) is 14.2. The minimum absolute atomic E-state index is 0. The fraction of sp³-hybridized carbons (Fsp3) is 0.450. The summed E-state index contributed by atoms with van der Waals surface area (Å²) in [6, 6.07) is 11.8. The molecule has 0 heterocycles. The van der Waals surface area contributed by atoms with Gasteiger partial charge in [0, 0.05) is 0 Å². The summed E-state index contributed by atoms with van der Waals surface area (Å²) < 4.78 is 0. The van der Waals surface area contributed by atoms with Crippen LogP contribution in [-0.4, -0.2) is 11.1 Å². The summed E-state index contributed by atoms with van der Waals surface area (Å²) in [7, 11) is 0. The third-order valence-corrected chi connectivity index (χ3v) is 4.28. The number of rotatable bonds is 9. The quantitative estimate of drug-likeness (QED) is 0.558. The largest absolute Gasteiger partial charge is 0.478 e. The summed E-state index contributed by atoms with van der Waals surface area (Å²) in [5.74, 6) is -0.810. The lowest BCUT2D eigenvalue weighted by Crippen LogP contribution is -2.04. The van der Waals surface area contributed by atoms with Gasteiger partial charge in [0.1, 0.15) is 0 Å². The van der Waals surface area contributed by atoms with Crippen LogP contribution in [0.15, 0.2) is 36.4 Å². The number of aryl methyl sites for hydroxylation is 1. The molecule has 4 N–H and O–H groups in total. The molecule has 0 radical (unpaired) electrons. The van der Waals surface area contributed by atoms with Crippen LogP contribution in [0.1, 0.15) is 67.8 Å². The van der Waals surface area contributed by atoms with Crippen molar-refractivity contribution in [2.75, 3.05) is 0 Å². The Morgan fingerprint density at radius 2 is 1.57 bits per heavy atom. The normalized spacial score (nSPS) is 10.5. The van der Waals surface area contributed by atoms with Crippen molar-refractivity contribution in [2.24, 2.45) is 0 Å². The van der Waals surface area contributed by atoms with E-state index in [2.05, 4.69) is 6.92 Å². The fourth-order valence-electron chi connectivity index (χ4n) is 3.05. The first-order valence-electron chi connectivity index (χ1n) is 8.48. The number of aromatic carboxylic acids is 1. The lowest BCUT2D eigenvalue weighted by Gasteiger charge is -2.10. The van der Waals surface area contributed by atoms with Crippen LogP contribution in [0.4, 0.5) is 0 Å². The maximum Gasteiger partial charge on any atom is 0.336 e. The second-order valence-electron chi connectivity index (χ2n) is 6.00. The molecule has 0 fully saturated rings. The molecule has 0 spiro atoms. The van der Waals surface area contributed by atoms with Crippen LogP contribution < -0.4 is 6.15 Å². The Balaban J connectivity index is 0.00000264. The van der Waals surface area contributed by atoms with E-state index in [1.807, 2.05) is 36.4 Å². The SMILES string of the molecule is CCCCCCCCCc1ccc2ccccc2c1C(=O)O.N. The van der Waals surface area contributed by atoms with Gasteiger partial charge < -0.3 is 11.3 Å². The van der Waals surface area contributed by atoms with Crippen molar-refractivity contribution < 1.29 is 9.90 Å². The number of fused-ring (bicyclic) bond motifs is 1. The summed E-state index contributed by atoms with van der Waals surface area (Å²) >= 11 is 0. The van der Waals surface area contributed by atoms with Gasteiger partial charge in [-0.05, 0) is 29.2 Å². The molecule has 0 unspecified atom stereocenters. The van der Waals surface area contributed by atoms with E-state index >= 15 is 0 Å². The van der Waals surface area contributed by atoms with E-state index in [0.717, 1.165) is 29.2 Å². The van der Waals surface area contributed by atoms with Crippen LogP contribution in [0, 0.1) is 0 Å². The van der Waals surface area contributed by atoms with E-state index in [4.69, 9.17) is 0 Å². The van der Waals surface area contributed by atoms with Crippen LogP contribution in [0.25, 0.3) is 10.8 Å². The van der Waals surface area contributed by atoms with E-state index in [0.29, 0.717) is 5.56 Å². The molecular formula is C20H29NO2.